The van der Waals surface area contributed by atoms with Gasteiger partial charge in [-0.05, 0) is 77.0 Å². The third-order valence-electron chi connectivity index (χ3n) is 8.95. The minimum Gasteiger partial charge on any atom is -0.379 e. The van der Waals surface area contributed by atoms with Gasteiger partial charge in [-0.2, -0.15) is 0 Å². The molecule has 0 aliphatic carbocycles. The third kappa shape index (κ3) is 32.7. The van der Waals surface area contributed by atoms with Crippen molar-refractivity contribution < 1.29 is 9.47 Å². The molecule has 1 aromatic rings. The predicted molar refractivity (Wildman–Crippen MR) is 226 cm³/mol. The first kappa shape index (κ1) is 46.8. The Morgan fingerprint density at radius 1 is 0.600 bits per heavy atom. The lowest BCUT2D eigenvalue weighted by Gasteiger charge is -2.18. The molecule has 6 heteroatoms. The first-order chi connectivity index (χ1) is 24.8. The highest BCUT2D eigenvalue weighted by molar-refractivity contribution is 8.76. The predicted octanol–water partition coefficient (Wildman–Crippen LogP) is 14.3. The van der Waals surface area contributed by atoms with Crippen molar-refractivity contribution in [1.29, 1.82) is 0 Å². The molecule has 1 heterocycles. The van der Waals surface area contributed by atoms with Gasteiger partial charge in [0.1, 0.15) is 0 Å². The molecule has 0 aliphatic heterocycles. The van der Waals surface area contributed by atoms with Gasteiger partial charge in [-0.15, -0.1) is 0 Å². The van der Waals surface area contributed by atoms with Crippen molar-refractivity contribution in [3.8, 4) is 0 Å². The Bertz CT molecular complexity index is 942. The van der Waals surface area contributed by atoms with Crippen LogP contribution in [0.15, 0.2) is 61.1 Å². The van der Waals surface area contributed by atoms with Gasteiger partial charge in [-0.25, -0.2) is 4.98 Å². The van der Waals surface area contributed by atoms with Gasteiger partial charge in [-0.1, -0.05) is 161 Å². The van der Waals surface area contributed by atoms with Gasteiger partial charge in [0.15, 0.2) is 0 Å². The summed E-state index contributed by atoms with van der Waals surface area (Å²) in [7, 11) is 5.85. The topological polar surface area (TPSA) is 36.3 Å². The van der Waals surface area contributed by atoms with E-state index >= 15 is 0 Å². The van der Waals surface area contributed by atoms with Crippen molar-refractivity contribution in [2.75, 3.05) is 25.6 Å². The first-order valence-electron chi connectivity index (χ1n) is 20.8. The average Bonchev–Trinajstić information content (AvgIpc) is 3.54. The zero-order chi connectivity index (χ0) is 35.8. The van der Waals surface area contributed by atoms with Crippen LogP contribution in [0.25, 0.3) is 0 Å². The molecule has 1 atom stereocenters. The van der Waals surface area contributed by atoms with E-state index in [9.17, 15) is 0 Å². The maximum absolute atomic E-state index is 6.35. The smallest absolute Gasteiger partial charge is 0.0945 e. The minimum atomic E-state index is 0.168. The van der Waals surface area contributed by atoms with E-state index < -0.39 is 0 Å². The molecule has 0 N–H and O–H groups in total. The molecule has 50 heavy (non-hydrogen) atoms. The van der Waals surface area contributed by atoms with Gasteiger partial charge >= 0.3 is 0 Å². The van der Waals surface area contributed by atoms with E-state index in [1.165, 1.54) is 134 Å². The van der Waals surface area contributed by atoms with E-state index in [-0.39, 0.29) is 6.10 Å². The largest absolute Gasteiger partial charge is 0.379 e. The molecule has 0 fully saturated rings. The SMILES string of the molecule is CCCCC/C=C\C/C=C\CCCCCCCCOCC(CSSCc1cncn1C)OCCCCCCCC/C=C\C/C=C\CCCCC. The molecule has 0 amide bonds. The summed E-state index contributed by atoms with van der Waals surface area (Å²) < 4.78 is 14.6. The molecule has 0 saturated carbocycles. The van der Waals surface area contributed by atoms with Crippen LogP contribution in [-0.2, 0) is 22.3 Å². The van der Waals surface area contributed by atoms with E-state index in [1.807, 2.05) is 34.1 Å². The summed E-state index contributed by atoms with van der Waals surface area (Å²) in [5, 5.41) is 0. The quantitative estimate of drug-likeness (QED) is 0.0385. The number of imidazole rings is 1. The summed E-state index contributed by atoms with van der Waals surface area (Å²) in [6.07, 6.45) is 53.3. The molecule has 0 spiro atoms. The lowest BCUT2D eigenvalue weighted by molar-refractivity contribution is -0.00609. The zero-order valence-corrected chi connectivity index (χ0v) is 34.5. The maximum Gasteiger partial charge on any atom is 0.0945 e. The molecule has 0 radical (unpaired) electrons. The van der Waals surface area contributed by atoms with Gasteiger partial charge in [0.2, 0.25) is 0 Å². The number of nitrogens with zero attached hydrogens (tertiary/aromatic N) is 2. The molecular formula is C44H78N2O2S2. The fourth-order valence-corrected chi connectivity index (χ4v) is 7.92. The van der Waals surface area contributed by atoms with Crippen LogP contribution in [-0.4, -0.2) is 41.2 Å². The molecule has 4 nitrogen and oxygen atoms in total. The third-order valence-corrected chi connectivity index (χ3v) is 11.3. The van der Waals surface area contributed by atoms with Gasteiger partial charge in [-0.3, -0.25) is 0 Å². The Labute approximate surface area is 318 Å². The Hall–Kier alpha value is -1.21. The Morgan fingerprint density at radius 3 is 1.58 bits per heavy atom. The highest BCUT2D eigenvalue weighted by Crippen LogP contribution is 2.27. The van der Waals surface area contributed by atoms with Crippen LogP contribution in [0.2, 0.25) is 0 Å². The van der Waals surface area contributed by atoms with E-state index in [0.29, 0.717) is 6.61 Å². The second-order valence-corrected chi connectivity index (χ2v) is 16.3. The fourth-order valence-electron chi connectivity index (χ4n) is 5.64. The number of unbranched alkanes of at least 4 members (excludes halogenated alkanes) is 18. The van der Waals surface area contributed by atoms with Crippen molar-refractivity contribution >= 4 is 21.6 Å². The lowest BCUT2D eigenvalue weighted by Crippen LogP contribution is -2.23. The highest BCUT2D eigenvalue weighted by Gasteiger charge is 2.11. The second kappa shape index (κ2) is 39.0. The second-order valence-electron chi connectivity index (χ2n) is 13.8. The van der Waals surface area contributed by atoms with Crippen molar-refractivity contribution in [3.05, 3.63) is 66.8 Å². The molecule has 0 aromatic carbocycles. The van der Waals surface area contributed by atoms with Crippen molar-refractivity contribution in [2.24, 2.45) is 7.05 Å². The molecule has 0 bridgehead atoms. The Morgan fingerprint density at radius 2 is 1.08 bits per heavy atom. The van der Waals surface area contributed by atoms with Crippen LogP contribution in [0.3, 0.4) is 0 Å². The van der Waals surface area contributed by atoms with Crippen LogP contribution in [0.4, 0.5) is 0 Å². The first-order valence-corrected chi connectivity index (χ1v) is 23.3. The molecule has 1 aromatic heterocycles. The van der Waals surface area contributed by atoms with E-state index in [2.05, 4.69) is 79.1 Å². The molecule has 1 rings (SSSR count). The average molecular weight is 731 g/mol. The Kier molecular flexibility index (Phi) is 36.5. The summed E-state index contributed by atoms with van der Waals surface area (Å²) in [4.78, 5) is 4.24. The van der Waals surface area contributed by atoms with Crippen LogP contribution in [0, 0.1) is 0 Å². The van der Waals surface area contributed by atoms with Crippen LogP contribution < -0.4 is 0 Å². The summed E-state index contributed by atoms with van der Waals surface area (Å²) in [6, 6.07) is 0. The van der Waals surface area contributed by atoms with Crippen molar-refractivity contribution in [1.82, 2.24) is 9.55 Å². The minimum absolute atomic E-state index is 0.168. The molecule has 1 unspecified atom stereocenters. The number of rotatable bonds is 38. The number of ether oxygens (including phenoxy) is 2. The number of aryl methyl sites for hydroxylation is 1. The van der Waals surface area contributed by atoms with Crippen molar-refractivity contribution in [3.63, 3.8) is 0 Å². The zero-order valence-electron chi connectivity index (χ0n) is 32.9. The van der Waals surface area contributed by atoms with Crippen molar-refractivity contribution in [2.45, 2.75) is 180 Å². The summed E-state index contributed by atoms with van der Waals surface area (Å²) in [6.45, 7) is 6.94. The lowest BCUT2D eigenvalue weighted by atomic mass is 10.1. The van der Waals surface area contributed by atoms with Gasteiger partial charge in [0.05, 0.1) is 19.0 Å². The van der Waals surface area contributed by atoms with Crippen LogP contribution in [0.5, 0.6) is 0 Å². The number of aromatic nitrogens is 2. The molecular weight excluding hydrogens is 653 g/mol. The van der Waals surface area contributed by atoms with Crippen LogP contribution in [0.1, 0.15) is 174 Å². The number of allylic oxidation sites excluding steroid dienone is 8. The molecule has 0 aliphatic rings. The maximum atomic E-state index is 6.35. The van der Waals surface area contributed by atoms with E-state index in [0.717, 1.165) is 50.4 Å². The highest BCUT2D eigenvalue weighted by atomic mass is 33.1. The van der Waals surface area contributed by atoms with Crippen LogP contribution >= 0.6 is 21.6 Å². The van der Waals surface area contributed by atoms with Gasteiger partial charge < -0.3 is 14.0 Å². The normalized spacial score (nSPS) is 12.9. The monoisotopic (exact) mass is 731 g/mol. The molecule has 0 saturated heterocycles. The van der Waals surface area contributed by atoms with E-state index in [1.54, 1.807) is 0 Å². The summed E-state index contributed by atoms with van der Waals surface area (Å²) in [5.74, 6) is 1.93. The fraction of sp³-hybridized carbons (Fsp3) is 0.750. The Balaban J connectivity index is 2.09. The van der Waals surface area contributed by atoms with E-state index in [4.69, 9.17) is 9.47 Å². The molecule has 288 valence electrons. The summed E-state index contributed by atoms with van der Waals surface area (Å²) in [5.41, 5.74) is 1.26. The van der Waals surface area contributed by atoms with Gasteiger partial charge in [0, 0.05) is 43.7 Å². The summed E-state index contributed by atoms with van der Waals surface area (Å²) >= 11 is 0. The number of hydrogen-bond donors (Lipinski definition) is 0. The van der Waals surface area contributed by atoms with Gasteiger partial charge in [0.25, 0.3) is 0 Å². The standard InChI is InChI=1S/C44H78N2O2S2/c1-4-6-8-10-12-14-16-18-20-22-24-26-28-30-32-34-36-47-39-44(41-50-49-40-43-38-45-42-46(43)3)48-37-35-33-31-29-27-25-23-21-19-17-15-13-11-9-7-5-2/h12-15,18-21,38,42,44H,4-11,16-17,22-37,39-41H2,1-3H3/b14-12-,15-13-,20-18-,21-19-. The number of hydrogen-bond acceptors (Lipinski definition) is 5.